The maximum Gasteiger partial charge on any atom is 0.188 e. The molecule has 0 aromatic heterocycles. The highest BCUT2D eigenvalue weighted by atomic mass is 127. The molecule has 1 unspecified atom stereocenters. The number of nitrogens with two attached hydrogens (primary N) is 1. The summed E-state index contributed by atoms with van der Waals surface area (Å²) in [5.41, 5.74) is 5.66. The van der Waals surface area contributed by atoms with Crippen LogP contribution in [0.2, 0.25) is 0 Å². The summed E-state index contributed by atoms with van der Waals surface area (Å²) in [5, 5.41) is 2.98. The van der Waals surface area contributed by atoms with E-state index in [-0.39, 0.29) is 41.9 Å². The average Bonchev–Trinajstić information content (AvgIpc) is 2.25. The fourth-order valence-electron chi connectivity index (χ4n) is 1.38. The van der Waals surface area contributed by atoms with Crippen LogP contribution in [0, 0.1) is 5.82 Å². The highest BCUT2D eigenvalue weighted by Crippen LogP contribution is 2.13. The second kappa shape index (κ2) is 8.95. The van der Waals surface area contributed by atoms with Crippen molar-refractivity contribution in [2.45, 2.75) is 32.9 Å². The van der Waals surface area contributed by atoms with Gasteiger partial charge in [0.05, 0.1) is 6.54 Å². The summed E-state index contributed by atoms with van der Waals surface area (Å²) in [7, 11) is 0. The number of aliphatic imine (C=N–C) groups is 1. The predicted octanol–water partition coefficient (Wildman–Crippen LogP) is 2.52. The number of halogens is 2. The van der Waals surface area contributed by atoms with Gasteiger partial charge in [0.2, 0.25) is 0 Å². The number of nitrogens with zero attached hydrogens (tertiary/aromatic N) is 1. The van der Waals surface area contributed by atoms with E-state index in [0.29, 0.717) is 18.3 Å². The molecule has 0 fully saturated rings. The third kappa shape index (κ3) is 7.86. The molecule has 6 heteroatoms. The molecule has 1 rings (SSSR count). The molecule has 0 saturated heterocycles. The fraction of sp³-hybridized carbons (Fsp3) is 0.462. The normalized spacial score (nSPS) is 12.8. The van der Waals surface area contributed by atoms with E-state index < -0.39 is 0 Å². The number of nitrogens with one attached hydrogen (secondary N) is 1. The van der Waals surface area contributed by atoms with E-state index in [0.717, 1.165) is 0 Å². The Hall–Kier alpha value is -1.05. The lowest BCUT2D eigenvalue weighted by molar-refractivity contribution is 0.229. The lowest BCUT2D eigenvalue weighted by Gasteiger charge is -2.14. The minimum atomic E-state index is -0.316. The lowest BCUT2D eigenvalue weighted by Crippen LogP contribution is -2.37. The number of ether oxygens (including phenoxy) is 1. The second-order valence-corrected chi connectivity index (χ2v) is 4.41. The van der Waals surface area contributed by atoms with Gasteiger partial charge < -0.3 is 15.8 Å². The van der Waals surface area contributed by atoms with Crippen molar-refractivity contribution in [2.24, 2.45) is 10.7 Å². The Morgan fingerprint density at radius 2 is 2.11 bits per heavy atom. The molecule has 1 aromatic carbocycles. The van der Waals surface area contributed by atoms with Crippen molar-refractivity contribution in [2.75, 3.05) is 6.54 Å². The van der Waals surface area contributed by atoms with Crippen LogP contribution in [0.3, 0.4) is 0 Å². The Balaban J connectivity index is 0.00000324. The highest BCUT2D eigenvalue weighted by Gasteiger charge is 2.04. The molecule has 0 aliphatic rings. The van der Waals surface area contributed by atoms with Crippen molar-refractivity contribution >= 4 is 29.9 Å². The zero-order valence-electron chi connectivity index (χ0n) is 11.4. The number of benzene rings is 1. The Labute approximate surface area is 130 Å². The van der Waals surface area contributed by atoms with Crippen molar-refractivity contribution in [3.05, 3.63) is 30.1 Å². The molecular weight excluding hydrogens is 360 g/mol. The molecule has 3 N–H and O–H groups in total. The van der Waals surface area contributed by atoms with Gasteiger partial charge in [-0.15, -0.1) is 24.0 Å². The largest absolute Gasteiger partial charge is 0.489 e. The minimum absolute atomic E-state index is 0. The van der Waals surface area contributed by atoms with E-state index >= 15 is 0 Å². The van der Waals surface area contributed by atoms with Gasteiger partial charge in [-0.3, -0.25) is 0 Å². The smallest absolute Gasteiger partial charge is 0.188 e. The van der Waals surface area contributed by atoms with Gasteiger partial charge in [-0.25, -0.2) is 9.38 Å². The van der Waals surface area contributed by atoms with Crippen LogP contribution >= 0.6 is 24.0 Å². The molecular formula is C13H21FIN3O. The lowest BCUT2D eigenvalue weighted by atomic mass is 10.3. The molecule has 0 heterocycles. The van der Waals surface area contributed by atoms with E-state index in [9.17, 15) is 4.39 Å². The Morgan fingerprint density at radius 3 is 2.68 bits per heavy atom. The van der Waals surface area contributed by atoms with E-state index in [4.69, 9.17) is 10.5 Å². The molecule has 1 atom stereocenters. The molecule has 0 radical (unpaired) electrons. The third-order valence-corrected chi connectivity index (χ3v) is 2.09. The quantitative estimate of drug-likeness (QED) is 0.468. The predicted molar refractivity (Wildman–Crippen MR) is 86.7 cm³/mol. The summed E-state index contributed by atoms with van der Waals surface area (Å²) in [6, 6.07) is 6.28. The average molecular weight is 381 g/mol. The Morgan fingerprint density at radius 1 is 1.42 bits per heavy atom. The molecule has 0 amide bonds. The molecule has 4 nitrogen and oxygen atoms in total. The monoisotopic (exact) mass is 381 g/mol. The first-order valence-corrected chi connectivity index (χ1v) is 5.96. The third-order valence-electron chi connectivity index (χ3n) is 2.09. The Kier molecular flexibility index (Phi) is 8.46. The SMILES string of the molecule is CC(C)NC(N)=NCC(C)Oc1cccc(F)c1.I. The van der Waals surface area contributed by atoms with E-state index in [1.54, 1.807) is 12.1 Å². The Bertz CT molecular complexity index is 413. The van der Waals surface area contributed by atoms with E-state index in [1.807, 2.05) is 20.8 Å². The number of rotatable bonds is 5. The van der Waals surface area contributed by atoms with Crippen LogP contribution in [-0.2, 0) is 0 Å². The summed E-state index contributed by atoms with van der Waals surface area (Å²) in [6.07, 6.45) is -0.167. The van der Waals surface area contributed by atoms with Gasteiger partial charge in [-0.1, -0.05) is 6.07 Å². The first-order chi connectivity index (χ1) is 8.47. The van der Waals surface area contributed by atoms with E-state index in [2.05, 4.69) is 10.3 Å². The van der Waals surface area contributed by atoms with Crippen LogP contribution in [0.1, 0.15) is 20.8 Å². The zero-order valence-corrected chi connectivity index (χ0v) is 13.7. The molecule has 1 aromatic rings. The van der Waals surface area contributed by atoms with Crippen LogP contribution in [0.5, 0.6) is 5.75 Å². The zero-order chi connectivity index (χ0) is 13.5. The van der Waals surface area contributed by atoms with E-state index in [1.165, 1.54) is 12.1 Å². The van der Waals surface area contributed by atoms with Crippen LogP contribution in [0.4, 0.5) is 4.39 Å². The minimum Gasteiger partial charge on any atom is -0.489 e. The topological polar surface area (TPSA) is 59.6 Å². The number of hydrogen-bond acceptors (Lipinski definition) is 2. The summed E-state index contributed by atoms with van der Waals surface area (Å²) < 4.78 is 18.5. The number of hydrogen-bond donors (Lipinski definition) is 2. The van der Waals surface area contributed by atoms with Gasteiger partial charge >= 0.3 is 0 Å². The molecule has 19 heavy (non-hydrogen) atoms. The van der Waals surface area contributed by atoms with Crippen LogP contribution in [-0.4, -0.2) is 24.7 Å². The summed E-state index contributed by atoms with van der Waals surface area (Å²) in [6.45, 7) is 6.24. The van der Waals surface area contributed by atoms with Gasteiger partial charge in [0.25, 0.3) is 0 Å². The molecule has 0 spiro atoms. The van der Waals surface area contributed by atoms with Crippen molar-refractivity contribution < 1.29 is 9.13 Å². The maximum atomic E-state index is 12.9. The first-order valence-electron chi connectivity index (χ1n) is 5.96. The van der Waals surface area contributed by atoms with Crippen molar-refractivity contribution in [3.8, 4) is 5.75 Å². The highest BCUT2D eigenvalue weighted by molar-refractivity contribution is 14.0. The van der Waals surface area contributed by atoms with Crippen LogP contribution < -0.4 is 15.8 Å². The van der Waals surface area contributed by atoms with Gasteiger partial charge in [-0.2, -0.15) is 0 Å². The molecule has 0 aliphatic heterocycles. The van der Waals surface area contributed by atoms with Gasteiger partial charge in [0.15, 0.2) is 5.96 Å². The molecule has 108 valence electrons. The van der Waals surface area contributed by atoms with Gasteiger partial charge in [0, 0.05) is 12.1 Å². The molecule has 0 saturated carbocycles. The summed E-state index contributed by atoms with van der Waals surface area (Å²) in [5.74, 6) is 0.567. The summed E-state index contributed by atoms with van der Waals surface area (Å²) >= 11 is 0. The first kappa shape index (κ1) is 17.9. The van der Waals surface area contributed by atoms with Crippen molar-refractivity contribution in [1.82, 2.24) is 5.32 Å². The fourth-order valence-corrected chi connectivity index (χ4v) is 1.38. The summed E-state index contributed by atoms with van der Waals surface area (Å²) in [4.78, 5) is 4.15. The molecule has 0 bridgehead atoms. The maximum absolute atomic E-state index is 12.9. The van der Waals surface area contributed by atoms with Gasteiger partial charge in [-0.05, 0) is 32.9 Å². The van der Waals surface area contributed by atoms with Crippen molar-refractivity contribution in [3.63, 3.8) is 0 Å². The number of guanidine groups is 1. The van der Waals surface area contributed by atoms with Crippen LogP contribution in [0.25, 0.3) is 0 Å². The van der Waals surface area contributed by atoms with Gasteiger partial charge in [0.1, 0.15) is 17.7 Å². The van der Waals surface area contributed by atoms with Crippen molar-refractivity contribution in [1.29, 1.82) is 0 Å². The van der Waals surface area contributed by atoms with Crippen LogP contribution in [0.15, 0.2) is 29.3 Å². The second-order valence-electron chi connectivity index (χ2n) is 4.41. The standard InChI is InChI=1S/C13H20FN3O.HI/c1-9(2)17-13(15)16-8-10(3)18-12-6-4-5-11(14)7-12;/h4-7,9-10H,8H2,1-3H3,(H3,15,16,17);1H. The molecule has 0 aliphatic carbocycles.